The van der Waals surface area contributed by atoms with Crippen molar-refractivity contribution >= 4 is 28.1 Å². The first kappa shape index (κ1) is 21.0. The van der Waals surface area contributed by atoms with Crippen molar-refractivity contribution in [3.63, 3.8) is 0 Å². The molecule has 0 saturated carbocycles. The molecule has 150 valence electrons. The number of nitriles is 1. The van der Waals surface area contributed by atoms with E-state index in [1.54, 1.807) is 35.2 Å². The predicted molar refractivity (Wildman–Crippen MR) is 109 cm³/mol. The maximum Gasteiger partial charge on any atom is 0.260 e. The maximum absolute atomic E-state index is 13.1. The molecule has 29 heavy (non-hydrogen) atoms. The molecular weight excluding hydrogens is 439 g/mol. The minimum absolute atomic E-state index is 0.167. The van der Waals surface area contributed by atoms with E-state index in [-0.39, 0.29) is 18.3 Å². The van der Waals surface area contributed by atoms with Crippen LogP contribution in [0.5, 0.6) is 5.75 Å². The zero-order chi connectivity index (χ0) is 20.9. The Labute approximate surface area is 177 Å². The second-order valence-electron chi connectivity index (χ2n) is 7.16. The summed E-state index contributed by atoms with van der Waals surface area (Å²) in [7, 11) is 0. The van der Waals surface area contributed by atoms with Gasteiger partial charge in [-0.05, 0) is 55.2 Å². The summed E-state index contributed by atoms with van der Waals surface area (Å²) in [6.45, 7) is 0.746. The first-order valence-corrected chi connectivity index (χ1v) is 10.0. The lowest BCUT2D eigenvalue weighted by Gasteiger charge is -2.37. The van der Waals surface area contributed by atoms with Crippen molar-refractivity contribution in [2.24, 2.45) is 5.41 Å². The van der Waals surface area contributed by atoms with Gasteiger partial charge < -0.3 is 9.64 Å². The Balaban J connectivity index is 1.56. The van der Waals surface area contributed by atoms with Crippen LogP contribution >= 0.6 is 15.9 Å². The summed E-state index contributed by atoms with van der Waals surface area (Å²) in [6.07, 6.45) is 2.31. The third-order valence-electron chi connectivity index (χ3n) is 5.22. The average Bonchev–Trinajstić information content (AvgIpc) is 2.74. The lowest BCUT2D eigenvalue weighted by Crippen LogP contribution is -2.45. The number of amides is 1. The van der Waals surface area contributed by atoms with Crippen molar-refractivity contribution in [2.75, 3.05) is 19.7 Å². The highest BCUT2D eigenvalue weighted by Gasteiger charge is 2.36. The van der Waals surface area contributed by atoms with Gasteiger partial charge in [0.2, 0.25) is 0 Å². The van der Waals surface area contributed by atoms with Crippen LogP contribution in [0.15, 0.2) is 46.9 Å². The molecule has 7 heteroatoms. The lowest BCUT2D eigenvalue weighted by atomic mass is 9.75. The summed E-state index contributed by atoms with van der Waals surface area (Å²) < 4.78 is 19.4. The Kier molecular flexibility index (Phi) is 6.65. The fourth-order valence-corrected chi connectivity index (χ4v) is 3.86. The fraction of sp³-hybridized carbons (Fsp3) is 0.318. The van der Waals surface area contributed by atoms with E-state index in [1.807, 2.05) is 0 Å². The van der Waals surface area contributed by atoms with Crippen LogP contribution < -0.4 is 4.74 Å². The molecule has 0 bridgehead atoms. The molecule has 1 amide bonds. The molecule has 0 N–H and O–H groups in total. The summed E-state index contributed by atoms with van der Waals surface area (Å²) in [4.78, 5) is 25.3. The minimum Gasteiger partial charge on any atom is -0.483 e. The van der Waals surface area contributed by atoms with E-state index in [0.29, 0.717) is 50.0 Å². The van der Waals surface area contributed by atoms with Gasteiger partial charge in [0.05, 0.1) is 17.0 Å². The number of aldehydes is 1. The van der Waals surface area contributed by atoms with Gasteiger partial charge in [0.25, 0.3) is 5.91 Å². The molecule has 2 aromatic carbocycles. The van der Waals surface area contributed by atoms with Crippen LogP contribution in [0.25, 0.3) is 0 Å². The van der Waals surface area contributed by atoms with Gasteiger partial charge in [-0.25, -0.2) is 4.39 Å². The second-order valence-corrected chi connectivity index (χ2v) is 8.08. The molecule has 1 aliphatic heterocycles. The SMILES string of the molecule is N#CC1(Cc2ccc(F)cc2)CCN(C(=O)COc2ccc(Br)cc2C=O)CC1. The third kappa shape index (κ3) is 5.21. The number of hydrogen-bond acceptors (Lipinski definition) is 4. The van der Waals surface area contributed by atoms with E-state index in [1.165, 1.54) is 12.1 Å². The van der Waals surface area contributed by atoms with Crippen molar-refractivity contribution in [1.82, 2.24) is 4.90 Å². The van der Waals surface area contributed by atoms with Gasteiger partial charge in [-0.2, -0.15) is 5.26 Å². The smallest absolute Gasteiger partial charge is 0.260 e. The normalized spacial score (nSPS) is 15.4. The van der Waals surface area contributed by atoms with Gasteiger partial charge in [-0.3, -0.25) is 9.59 Å². The molecule has 0 aromatic heterocycles. The number of rotatable bonds is 6. The quantitative estimate of drug-likeness (QED) is 0.609. The van der Waals surface area contributed by atoms with E-state index >= 15 is 0 Å². The molecule has 0 spiro atoms. The average molecular weight is 459 g/mol. The number of halogens is 2. The number of piperidine rings is 1. The lowest BCUT2D eigenvalue weighted by molar-refractivity contribution is -0.135. The fourth-order valence-electron chi connectivity index (χ4n) is 3.48. The van der Waals surface area contributed by atoms with Crippen molar-refractivity contribution in [3.05, 3.63) is 63.9 Å². The van der Waals surface area contributed by atoms with Crippen molar-refractivity contribution in [1.29, 1.82) is 5.26 Å². The topological polar surface area (TPSA) is 70.4 Å². The number of ether oxygens (including phenoxy) is 1. The molecule has 0 aliphatic carbocycles. The molecule has 0 unspecified atom stereocenters. The number of benzene rings is 2. The molecular formula is C22H20BrFN2O3. The van der Waals surface area contributed by atoms with Crippen LogP contribution in [0.3, 0.4) is 0 Å². The zero-order valence-electron chi connectivity index (χ0n) is 15.7. The summed E-state index contributed by atoms with van der Waals surface area (Å²) >= 11 is 3.29. The van der Waals surface area contributed by atoms with Crippen LogP contribution in [-0.4, -0.2) is 36.8 Å². The van der Waals surface area contributed by atoms with Crippen LogP contribution in [-0.2, 0) is 11.2 Å². The number of likely N-dealkylation sites (tertiary alicyclic amines) is 1. The predicted octanol–water partition coefficient (Wildman–Crippen LogP) is 4.15. The number of hydrogen-bond donors (Lipinski definition) is 0. The first-order valence-electron chi connectivity index (χ1n) is 9.26. The number of carbonyl (C=O) groups is 2. The maximum atomic E-state index is 13.1. The standard InChI is InChI=1S/C22H20BrFN2O3/c23-18-3-6-20(17(11-18)13-27)29-14-21(28)26-9-7-22(15-25,8-10-26)12-16-1-4-19(24)5-2-16/h1-6,11,13H,7-10,12,14H2. The summed E-state index contributed by atoms with van der Waals surface area (Å²) in [5, 5.41) is 9.73. The van der Waals surface area contributed by atoms with E-state index in [0.717, 1.165) is 10.0 Å². The molecule has 5 nitrogen and oxygen atoms in total. The van der Waals surface area contributed by atoms with Crippen LogP contribution in [0, 0.1) is 22.6 Å². The molecule has 0 atom stereocenters. The van der Waals surface area contributed by atoms with E-state index in [2.05, 4.69) is 22.0 Å². The zero-order valence-corrected chi connectivity index (χ0v) is 17.3. The Bertz CT molecular complexity index is 932. The summed E-state index contributed by atoms with van der Waals surface area (Å²) in [5.74, 6) is -0.127. The highest BCUT2D eigenvalue weighted by atomic mass is 79.9. The number of nitrogens with zero attached hydrogens (tertiary/aromatic N) is 2. The Morgan fingerprint density at radius 1 is 1.24 bits per heavy atom. The second kappa shape index (κ2) is 9.19. The van der Waals surface area contributed by atoms with Crippen molar-refractivity contribution in [3.8, 4) is 11.8 Å². The van der Waals surface area contributed by atoms with Gasteiger partial charge in [0.15, 0.2) is 12.9 Å². The van der Waals surface area contributed by atoms with Gasteiger partial charge in [-0.15, -0.1) is 0 Å². The highest BCUT2D eigenvalue weighted by Crippen LogP contribution is 2.34. The number of carbonyl (C=O) groups excluding carboxylic acids is 2. The molecule has 3 rings (SSSR count). The Hall–Kier alpha value is -2.72. The van der Waals surface area contributed by atoms with Crippen LogP contribution in [0.1, 0.15) is 28.8 Å². The minimum atomic E-state index is -0.564. The summed E-state index contributed by atoms with van der Waals surface area (Å²) in [5.41, 5.74) is 0.715. The Morgan fingerprint density at radius 3 is 2.55 bits per heavy atom. The summed E-state index contributed by atoms with van der Waals surface area (Å²) in [6, 6.07) is 13.6. The van der Waals surface area contributed by atoms with E-state index < -0.39 is 5.41 Å². The van der Waals surface area contributed by atoms with Crippen LogP contribution in [0.4, 0.5) is 4.39 Å². The molecule has 1 saturated heterocycles. The third-order valence-corrected chi connectivity index (χ3v) is 5.71. The van der Waals surface area contributed by atoms with Crippen molar-refractivity contribution in [2.45, 2.75) is 19.3 Å². The highest BCUT2D eigenvalue weighted by molar-refractivity contribution is 9.10. The monoisotopic (exact) mass is 458 g/mol. The van der Waals surface area contributed by atoms with Crippen molar-refractivity contribution < 1.29 is 18.7 Å². The Morgan fingerprint density at radius 2 is 1.93 bits per heavy atom. The largest absolute Gasteiger partial charge is 0.483 e. The molecule has 2 aromatic rings. The molecule has 1 heterocycles. The van der Waals surface area contributed by atoms with E-state index in [4.69, 9.17) is 4.74 Å². The van der Waals surface area contributed by atoms with Crippen LogP contribution in [0.2, 0.25) is 0 Å². The molecule has 1 aliphatic rings. The molecule has 0 radical (unpaired) electrons. The van der Waals surface area contributed by atoms with Gasteiger partial charge in [0, 0.05) is 17.6 Å². The van der Waals surface area contributed by atoms with Gasteiger partial charge in [-0.1, -0.05) is 28.1 Å². The molecule has 1 fully saturated rings. The van der Waals surface area contributed by atoms with E-state index in [9.17, 15) is 19.2 Å². The first-order chi connectivity index (χ1) is 13.9. The van der Waals surface area contributed by atoms with Gasteiger partial charge >= 0.3 is 0 Å². The van der Waals surface area contributed by atoms with Gasteiger partial charge in [0.1, 0.15) is 11.6 Å².